The Morgan fingerprint density at radius 1 is 1.60 bits per heavy atom. The van der Waals surface area contributed by atoms with Crippen molar-refractivity contribution < 1.29 is 13.9 Å². The highest BCUT2D eigenvalue weighted by Gasteiger charge is 2.04. The lowest BCUT2D eigenvalue weighted by atomic mass is 10.3. The summed E-state index contributed by atoms with van der Waals surface area (Å²) >= 11 is 5.74. The molecule has 0 spiro atoms. The van der Waals surface area contributed by atoms with Crippen LogP contribution in [0, 0.1) is 5.82 Å². The quantitative estimate of drug-likeness (QED) is 0.809. The molecule has 0 aromatic heterocycles. The Morgan fingerprint density at radius 2 is 2.33 bits per heavy atom. The molecule has 1 rings (SSSR count). The summed E-state index contributed by atoms with van der Waals surface area (Å²) in [5.41, 5.74) is 0.506. The van der Waals surface area contributed by atoms with Crippen LogP contribution < -0.4 is 5.32 Å². The Labute approximate surface area is 92.2 Å². The second-order valence-electron chi connectivity index (χ2n) is 2.78. The van der Waals surface area contributed by atoms with Gasteiger partial charge in [0.25, 0.3) is 0 Å². The van der Waals surface area contributed by atoms with Crippen molar-refractivity contribution in [3.63, 3.8) is 0 Å². The van der Waals surface area contributed by atoms with Crippen LogP contribution in [-0.4, -0.2) is 19.1 Å². The standard InChI is InChI=1S/C10H11ClFNO2/c1-2-15-10(14)6-13-9-4-3-7(12)5-8(9)11/h3-5,13H,2,6H2,1H3. The van der Waals surface area contributed by atoms with Gasteiger partial charge >= 0.3 is 5.97 Å². The summed E-state index contributed by atoms with van der Waals surface area (Å²) in [5.74, 6) is -0.792. The van der Waals surface area contributed by atoms with Crippen molar-refractivity contribution in [1.29, 1.82) is 0 Å². The molecule has 0 aliphatic heterocycles. The van der Waals surface area contributed by atoms with E-state index in [4.69, 9.17) is 16.3 Å². The molecular formula is C10H11ClFNO2. The van der Waals surface area contributed by atoms with Gasteiger partial charge in [-0.1, -0.05) is 11.6 Å². The van der Waals surface area contributed by atoms with Gasteiger partial charge in [0.15, 0.2) is 0 Å². The van der Waals surface area contributed by atoms with Gasteiger partial charge in [-0.05, 0) is 25.1 Å². The van der Waals surface area contributed by atoms with E-state index in [9.17, 15) is 9.18 Å². The summed E-state index contributed by atoms with van der Waals surface area (Å²) in [6.07, 6.45) is 0. The van der Waals surface area contributed by atoms with Crippen molar-refractivity contribution in [2.45, 2.75) is 6.92 Å². The normalized spacial score (nSPS) is 9.80. The third kappa shape index (κ3) is 3.75. The molecule has 1 N–H and O–H groups in total. The van der Waals surface area contributed by atoms with Gasteiger partial charge in [0.2, 0.25) is 0 Å². The fraction of sp³-hybridized carbons (Fsp3) is 0.300. The lowest BCUT2D eigenvalue weighted by Crippen LogP contribution is -2.16. The lowest BCUT2D eigenvalue weighted by molar-refractivity contribution is -0.140. The SMILES string of the molecule is CCOC(=O)CNc1ccc(F)cc1Cl. The third-order valence-electron chi connectivity index (χ3n) is 1.66. The maximum absolute atomic E-state index is 12.7. The second kappa shape index (κ2) is 5.56. The molecule has 0 bridgehead atoms. The molecule has 0 aliphatic carbocycles. The molecular weight excluding hydrogens is 221 g/mol. The Kier molecular flexibility index (Phi) is 4.37. The maximum Gasteiger partial charge on any atom is 0.325 e. The van der Waals surface area contributed by atoms with Crippen LogP contribution in [0.2, 0.25) is 5.02 Å². The first kappa shape index (κ1) is 11.8. The van der Waals surface area contributed by atoms with Gasteiger partial charge in [-0.2, -0.15) is 0 Å². The van der Waals surface area contributed by atoms with E-state index in [1.165, 1.54) is 18.2 Å². The number of anilines is 1. The van der Waals surface area contributed by atoms with E-state index in [0.717, 1.165) is 0 Å². The predicted molar refractivity (Wildman–Crippen MR) is 56.5 cm³/mol. The zero-order valence-corrected chi connectivity index (χ0v) is 8.97. The van der Waals surface area contributed by atoms with Crippen molar-refractivity contribution in [1.82, 2.24) is 0 Å². The predicted octanol–water partition coefficient (Wildman–Crippen LogP) is 2.45. The topological polar surface area (TPSA) is 38.3 Å². The number of carbonyl (C=O) groups is 1. The highest BCUT2D eigenvalue weighted by molar-refractivity contribution is 6.33. The molecule has 82 valence electrons. The molecule has 0 heterocycles. The first-order chi connectivity index (χ1) is 7.13. The van der Waals surface area contributed by atoms with E-state index < -0.39 is 5.82 Å². The fourth-order valence-corrected chi connectivity index (χ4v) is 1.25. The first-order valence-electron chi connectivity index (χ1n) is 4.48. The number of esters is 1. The summed E-state index contributed by atoms with van der Waals surface area (Å²) < 4.78 is 17.4. The van der Waals surface area contributed by atoms with Crippen molar-refractivity contribution in [2.75, 3.05) is 18.5 Å². The molecule has 3 nitrogen and oxygen atoms in total. The highest BCUT2D eigenvalue weighted by atomic mass is 35.5. The summed E-state index contributed by atoms with van der Waals surface area (Å²) in [5, 5.41) is 2.99. The number of halogens is 2. The van der Waals surface area contributed by atoms with Crippen LogP contribution in [-0.2, 0) is 9.53 Å². The molecule has 0 atom stereocenters. The second-order valence-corrected chi connectivity index (χ2v) is 3.19. The summed E-state index contributed by atoms with van der Waals surface area (Å²) in [6.45, 7) is 2.07. The summed E-state index contributed by atoms with van der Waals surface area (Å²) in [6, 6.07) is 3.91. The monoisotopic (exact) mass is 231 g/mol. The van der Waals surface area contributed by atoms with Crippen LogP contribution >= 0.6 is 11.6 Å². The van der Waals surface area contributed by atoms with Crippen molar-refractivity contribution in [3.8, 4) is 0 Å². The molecule has 0 saturated heterocycles. The first-order valence-corrected chi connectivity index (χ1v) is 4.86. The van der Waals surface area contributed by atoms with Gasteiger partial charge in [-0.25, -0.2) is 4.39 Å². The van der Waals surface area contributed by atoms with Crippen molar-refractivity contribution in [3.05, 3.63) is 29.0 Å². The molecule has 0 radical (unpaired) electrons. The van der Waals surface area contributed by atoms with E-state index >= 15 is 0 Å². The zero-order valence-electron chi connectivity index (χ0n) is 8.22. The van der Waals surface area contributed by atoms with E-state index in [-0.39, 0.29) is 17.5 Å². The van der Waals surface area contributed by atoms with Crippen LogP contribution in [0.15, 0.2) is 18.2 Å². The van der Waals surface area contributed by atoms with E-state index in [2.05, 4.69) is 5.32 Å². The van der Waals surface area contributed by atoms with Gasteiger partial charge in [-0.3, -0.25) is 4.79 Å². The zero-order chi connectivity index (χ0) is 11.3. The van der Waals surface area contributed by atoms with Crippen LogP contribution in [0.4, 0.5) is 10.1 Å². The van der Waals surface area contributed by atoms with Crippen LogP contribution in [0.3, 0.4) is 0 Å². The molecule has 0 unspecified atom stereocenters. The maximum atomic E-state index is 12.7. The molecule has 0 aliphatic rings. The Bertz CT molecular complexity index is 357. The fourth-order valence-electron chi connectivity index (χ4n) is 1.01. The minimum Gasteiger partial charge on any atom is -0.465 e. The molecule has 15 heavy (non-hydrogen) atoms. The average molecular weight is 232 g/mol. The number of nitrogens with one attached hydrogen (secondary N) is 1. The summed E-state index contributed by atoms with van der Waals surface area (Å²) in [7, 11) is 0. The van der Waals surface area contributed by atoms with Crippen LogP contribution in [0.25, 0.3) is 0 Å². The van der Waals surface area contributed by atoms with Gasteiger partial charge in [0.1, 0.15) is 12.4 Å². The number of rotatable bonds is 4. The smallest absolute Gasteiger partial charge is 0.325 e. The molecule has 1 aromatic rings. The Balaban J connectivity index is 2.54. The van der Waals surface area contributed by atoms with Crippen molar-refractivity contribution >= 4 is 23.3 Å². The highest BCUT2D eigenvalue weighted by Crippen LogP contribution is 2.21. The number of benzene rings is 1. The van der Waals surface area contributed by atoms with E-state index in [1.54, 1.807) is 6.92 Å². The molecule has 0 fully saturated rings. The largest absolute Gasteiger partial charge is 0.465 e. The van der Waals surface area contributed by atoms with Gasteiger partial charge in [-0.15, -0.1) is 0 Å². The number of hydrogen-bond acceptors (Lipinski definition) is 3. The minimum atomic E-state index is -0.415. The van der Waals surface area contributed by atoms with Gasteiger partial charge in [0.05, 0.1) is 17.3 Å². The average Bonchev–Trinajstić information content (AvgIpc) is 2.17. The van der Waals surface area contributed by atoms with Crippen LogP contribution in [0.5, 0.6) is 0 Å². The van der Waals surface area contributed by atoms with Gasteiger partial charge in [0, 0.05) is 0 Å². The molecule has 5 heteroatoms. The van der Waals surface area contributed by atoms with Gasteiger partial charge < -0.3 is 10.1 Å². The number of hydrogen-bond donors (Lipinski definition) is 1. The Morgan fingerprint density at radius 3 is 2.93 bits per heavy atom. The number of ether oxygens (including phenoxy) is 1. The molecule has 1 aromatic carbocycles. The van der Waals surface area contributed by atoms with E-state index in [1.807, 2.05) is 0 Å². The van der Waals surface area contributed by atoms with Crippen molar-refractivity contribution in [2.24, 2.45) is 0 Å². The third-order valence-corrected chi connectivity index (χ3v) is 1.97. The molecule has 0 amide bonds. The lowest BCUT2D eigenvalue weighted by Gasteiger charge is -2.07. The molecule has 0 saturated carbocycles. The number of carbonyl (C=O) groups excluding carboxylic acids is 1. The summed E-state index contributed by atoms with van der Waals surface area (Å²) in [4.78, 5) is 11.0. The van der Waals surface area contributed by atoms with Crippen LogP contribution in [0.1, 0.15) is 6.92 Å². The van der Waals surface area contributed by atoms with E-state index in [0.29, 0.717) is 12.3 Å². The Hall–Kier alpha value is -1.29. The minimum absolute atomic E-state index is 0.0131.